The molecule has 8 N–H and O–H groups in total. The third kappa shape index (κ3) is 8.65. The molecule has 44 heavy (non-hydrogen) atoms. The molecule has 238 valence electrons. The van der Waals surface area contributed by atoms with Crippen LogP contribution in [0.15, 0.2) is 41.0 Å². The molecular formula is C20H28N12O10P2. The molecule has 22 nitrogen and oxygen atoms in total. The lowest BCUT2D eigenvalue weighted by atomic mass is 10.5. The molecule has 0 saturated heterocycles. The van der Waals surface area contributed by atoms with E-state index >= 15 is 0 Å². The van der Waals surface area contributed by atoms with Crippen LogP contribution in [0.1, 0.15) is 0 Å². The highest BCUT2D eigenvalue weighted by molar-refractivity contribution is 7.52. The number of nitrogens with one attached hydrogen (secondary N) is 2. The van der Waals surface area contributed by atoms with Gasteiger partial charge in [-0.25, -0.2) is 23.9 Å². The largest absolute Gasteiger partial charge is 0.437 e. The van der Waals surface area contributed by atoms with Gasteiger partial charge in [-0.3, -0.25) is 37.8 Å². The fourth-order valence-electron chi connectivity index (χ4n) is 3.41. The van der Waals surface area contributed by atoms with Crippen LogP contribution in [0.25, 0.3) is 22.3 Å². The zero-order chi connectivity index (χ0) is 31.9. The lowest BCUT2D eigenvalue weighted by Gasteiger charge is -2.12. The molecule has 0 radical (unpaired) electrons. The van der Waals surface area contributed by atoms with E-state index in [0.717, 1.165) is 11.0 Å². The molecular weight excluding hydrogens is 630 g/mol. The second-order valence-corrected chi connectivity index (χ2v) is 12.2. The van der Waals surface area contributed by atoms with E-state index in [1.165, 1.54) is 40.5 Å². The Labute approximate surface area is 245 Å². The number of ether oxygens (including phenoxy) is 2. The smallest absolute Gasteiger partial charge is 0.369 e. The minimum absolute atomic E-state index is 0.0141. The molecule has 5 rings (SSSR count). The van der Waals surface area contributed by atoms with Gasteiger partial charge in [0.05, 0.1) is 39.1 Å². The molecule has 2 unspecified atom stereocenters. The number of hydrogen-bond acceptors (Lipinski definition) is 15. The minimum atomic E-state index is -3.97. The second kappa shape index (κ2) is 14.0. The number of rotatable bonds is 13. The summed E-state index contributed by atoms with van der Waals surface area (Å²) in [6.07, 6.45) is 6.66. The van der Waals surface area contributed by atoms with Gasteiger partial charge in [0.15, 0.2) is 22.3 Å². The molecule has 0 bridgehead atoms. The van der Waals surface area contributed by atoms with E-state index in [2.05, 4.69) is 39.4 Å². The number of nitrogen functional groups attached to an aromatic ring is 2. The first-order chi connectivity index (χ1) is 20.8. The van der Waals surface area contributed by atoms with Crippen LogP contribution < -0.4 is 22.6 Å². The van der Waals surface area contributed by atoms with Crippen molar-refractivity contribution < 1.29 is 37.4 Å². The van der Waals surface area contributed by atoms with Crippen molar-refractivity contribution >= 4 is 49.6 Å². The molecule has 0 saturated carbocycles. The SMILES string of the molecule is CP(=O)(O)OCCOCn1cnc2c(=O)[nH]c(N)nc21.Nc1nc2c(ncn2COCCOP(=O)(O)n2ccnc2)c(=O)[nH]1. The molecule has 24 heteroatoms. The summed E-state index contributed by atoms with van der Waals surface area (Å²) in [5.41, 5.74) is 11.0. The first kappa shape index (κ1) is 32.6. The van der Waals surface area contributed by atoms with Crippen LogP contribution in [0.2, 0.25) is 0 Å². The molecule has 5 heterocycles. The lowest BCUT2D eigenvalue weighted by Crippen LogP contribution is -2.13. The maximum Gasteiger partial charge on any atom is 0.437 e. The molecule has 5 aromatic rings. The number of nitrogens with zero attached hydrogens (tertiary/aromatic N) is 8. The summed E-state index contributed by atoms with van der Waals surface area (Å²) in [4.78, 5) is 65.9. The van der Waals surface area contributed by atoms with Gasteiger partial charge >= 0.3 is 15.3 Å². The summed E-state index contributed by atoms with van der Waals surface area (Å²) in [5.74, 6) is -0.0427. The first-order valence-electron chi connectivity index (χ1n) is 12.3. The number of hydrogen-bond donors (Lipinski definition) is 6. The molecule has 0 aliphatic rings. The first-order valence-corrected chi connectivity index (χ1v) is 15.9. The summed E-state index contributed by atoms with van der Waals surface area (Å²) in [6, 6.07) is 0. The summed E-state index contributed by atoms with van der Waals surface area (Å²) in [7, 11) is -7.46. The number of nitrogens with two attached hydrogens (primary N) is 2. The quantitative estimate of drug-likeness (QED) is 0.0655. The lowest BCUT2D eigenvalue weighted by molar-refractivity contribution is 0.0523. The van der Waals surface area contributed by atoms with E-state index in [-0.39, 0.29) is 68.5 Å². The van der Waals surface area contributed by atoms with Crippen LogP contribution >= 0.6 is 15.3 Å². The van der Waals surface area contributed by atoms with E-state index in [4.69, 9.17) is 30.4 Å². The predicted octanol–water partition coefficient (Wildman–Crippen LogP) is -0.955. The Balaban J connectivity index is 0.000000204. The Morgan fingerprint density at radius 3 is 1.77 bits per heavy atom. The Bertz CT molecular complexity index is 1910. The number of fused-ring (bicyclic) bond motifs is 2. The van der Waals surface area contributed by atoms with Crippen molar-refractivity contribution in [3.8, 4) is 0 Å². The van der Waals surface area contributed by atoms with Gasteiger partial charge in [-0.2, -0.15) is 9.97 Å². The maximum absolute atomic E-state index is 11.8. The van der Waals surface area contributed by atoms with Gasteiger partial charge in [0.2, 0.25) is 11.9 Å². The summed E-state index contributed by atoms with van der Waals surface area (Å²) < 4.78 is 46.8. The number of H-pyrrole nitrogens is 2. The maximum atomic E-state index is 11.8. The fourth-order valence-corrected chi connectivity index (χ4v) is 4.68. The Hall–Kier alpha value is -4.27. The van der Waals surface area contributed by atoms with E-state index in [1.807, 2.05) is 0 Å². The molecule has 0 aliphatic heterocycles. The van der Waals surface area contributed by atoms with Crippen molar-refractivity contribution in [1.82, 2.24) is 48.4 Å². The number of aromatic nitrogens is 10. The van der Waals surface area contributed by atoms with Gasteiger partial charge in [-0.15, -0.1) is 0 Å². The van der Waals surface area contributed by atoms with Crippen LogP contribution in [0, 0.1) is 0 Å². The average Bonchev–Trinajstić information content (AvgIpc) is 3.69. The van der Waals surface area contributed by atoms with Crippen molar-refractivity contribution in [2.45, 2.75) is 13.5 Å². The van der Waals surface area contributed by atoms with E-state index < -0.39 is 26.5 Å². The van der Waals surface area contributed by atoms with Gasteiger partial charge in [0, 0.05) is 19.1 Å². The molecule has 0 spiro atoms. The van der Waals surface area contributed by atoms with Gasteiger partial charge in [0.1, 0.15) is 19.8 Å². The third-order valence-corrected chi connectivity index (χ3v) is 7.28. The molecule has 0 aliphatic carbocycles. The number of imidazole rings is 3. The summed E-state index contributed by atoms with van der Waals surface area (Å²) in [6.45, 7) is 1.19. The highest BCUT2D eigenvalue weighted by atomic mass is 31.2. The van der Waals surface area contributed by atoms with Gasteiger partial charge in [-0.05, 0) is 0 Å². The Kier molecular flexibility index (Phi) is 10.4. The summed E-state index contributed by atoms with van der Waals surface area (Å²) >= 11 is 0. The molecule has 0 aromatic carbocycles. The van der Waals surface area contributed by atoms with E-state index in [0.29, 0.717) is 5.65 Å². The van der Waals surface area contributed by atoms with Crippen LogP contribution in [-0.4, -0.2) is 91.2 Å². The number of anilines is 2. The van der Waals surface area contributed by atoms with Crippen LogP contribution in [0.3, 0.4) is 0 Å². The van der Waals surface area contributed by atoms with E-state index in [1.54, 1.807) is 0 Å². The second-order valence-electron chi connectivity index (χ2n) is 8.65. The Morgan fingerprint density at radius 1 is 0.818 bits per heavy atom. The van der Waals surface area contributed by atoms with Gasteiger partial charge in [0.25, 0.3) is 11.1 Å². The molecule has 2 atom stereocenters. The van der Waals surface area contributed by atoms with Gasteiger partial charge < -0.3 is 35.3 Å². The topological polar surface area (TPSA) is 309 Å². The predicted molar refractivity (Wildman–Crippen MR) is 152 cm³/mol. The zero-order valence-electron chi connectivity index (χ0n) is 22.9. The molecule has 5 aromatic heterocycles. The fraction of sp³-hybridized carbons (Fsp3) is 0.350. The van der Waals surface area contributed by atoms with Crippen molar-refractivity contribution in [3.05, 3.63) is 52.1 Å². The zero-order valence-corrected chi connectivity index (χ0v) is 24.7. The van der Waals surface area contributed by atoms with Crippen molar-refractivity contribution in [3.63, 3.8) is 0 Å². The monoisotopic (exact) mass is 658 g/mol. The van der Waals surface area contributed by atoms with E-state index in [9.17, 15) is 23.6 Å². The standard InChI is InChI=1S/C11H14N7O5P.C9H14N5O5P/c12-11-15-9-8(10(19)16-11)14-6-17(9)7-22-3-4-23-24(20,21)18-2-1-13-5-18;1-20(16,17)19-3-2-18-5-14-4-11-6-7(14)12-9(10)13-8(6)15/h1-2,5-6H,3-4,7H2,(H,20,21)(H3,12,15,16,19);4H,2-3,5H2,1H3,(H,16,17)(H3,10,12,13,15). The van der Waals surface area contributed by atoms with Crippen LogP contribution in [0.4, 0.5) is 11.9 Å². The summed E-state index contributed by atoms with van der Waals surface area (Å²) in [5, 5.41) is 0. The van der Waals surface area contributed by atoms with Crippen LogP contribution in [0.5, 0.6) is 0 Å². The van der Waals surface area contributed by atoms with Crippen LogP contribution in [-0.2, 0) is 41.1 Å². The molecule has 0 amide bonds. The normalized spacial score (nSPS) is 14.2. The minimum Gasteiger partial charge on any atom is -0.369 e. The highest BCUT2D eigenvalue weighted by Gasteiger charge is 2.21. The van der Waals surface area contributed by atoms with Crippen molar-refractivity contribution in [1.29, 1.82) is 0 Å². The average molecular weight is 658 g/mol. The number of aromatic amines is 2. The van der Waals surface area contributed by atoms with Crippen molar-refractivity contribution in [2.75, 3.05) is 44.6 Å². The van der Waals surface area contributed by atoms with Crippen molar-refractivity contribution in [2.24, 2.45) is 0 Å². The van der Waals surface area contributed by atoms with Gasteiger partial charge in [-0.1, -0.05) is 0 Å². The highest BCUT2D eigenvalue weighted by Crippen LogP contribution is 2.42. The third-order valence-electron chi connectivity index (χ3n) is 5.27. The Morgan fingerprint density at radius 2 is 1.32 bits per heavy atom. The molecule has 0 fully saturated rings.